The van der Waals surface area contributed by atoms with E-state index in [1.165, 1.54) is 0 Å². The molecule has 2 aromatic heterocycles. The van der Waals surface area contributed by atoms with Gasteiger partial charge in [-0.25, -0.2) is 9.97 Å². The van der Waals surface area contributed by atoms with E-state index in [1.807, 2.05) is 59.1 Å². The van der Waals surface area contributed by atoms with Crippen molar-refractivity contribution >= 4 is 11.6 Å². The third-order valence-corrected chi connectivity index (χ3v) is 4.70. The lowest BCUT2D eigenvalue weighted by Crippen LogP contribution is -2.05. The van der Waals surface area contributed by atoms with Crippen molar-refractivity contribution in [3.63, 3.8) is 0 Å². The fourth-order valence-electron chi connectivity index (χ4n) is 3.27. The minimum Gasteiger partial charge on any atom is -0.497 e. The first-order chi connectivity index (χ1) is 14.2. The number of nitrogens with one attached hydrogen (secondary N) is 1. The Hall–Kier alpha value is -3.74. The van der Waals surface area contributed by atoms with Crippen molar-refractivity contribution in [2.24, 2.45) is 0 Å². The number of rotatable bonds is 7. The van der Waals surface area contributed by atoms with Crippen LogP contribution in [-0.4, -0.2) is 35.7 Å². The molecule has 1 N–H and O–H groups in total. The number of aromatic nitrogens is 3. The van der Waals surface area contributed by atoms with Crippen molar-refractivity contribution in [3.05, 3.63) is 66.5 Å². The zero-order valence-electron chi connectivity index (χ0n) is 16.5. The maximum atomic E-state index is 5.58. The SMILES string of the molecule is COc1ccc(OC)c(-c2nc3ncccn3c2NCc2ccccc2OC)c1. The third kappa shape index (κ3) is 3.54. The topological polar surface area (TPSA) is 69.9 Å². The fraction of sp³-hybridized carbons (Fsp3) is 0.182. The van der Waals surface area contributed by atoms with E-state index in [9.17, 15) is 0 Å². The van der Waals surface area contributed by atoms with Gasteiger partial charge in [-0.1, -0.05) is 18.2 Å². The van der Waals surface area contributed by atoms with Gasteiger partial charge in [0.2, 0.25) is 5.78 Å². The van der Waals surface area contributed by atoms with Gasteiger partial charge in [0, 0.05) is 30.1 Å². The molecule has 7 heteroatoms. The maximum absolute atomic E-state index is 5.58. The number of fused-ring (bicyclic) bond motifs is 1. The summed E-state index contributed by atoms with van der Waals surface area (Å²) in [7, 11) is 4.95. The van der Waals surface area contributed by atoms with Crippen LogP contribution in [0.15, 0.2) is 60.9 Å². The van der Waals surface area contributed by atoms with Crippen LogP contribution in [0.1, 0.15) is 5.56 Å². The molecule has 0 radical (unpaired) electrons. The van der Waals surface area contributed by atoms with Gasteiger partial charge in [-0.2, -0.15) is 0 Å². The molecular weight excluding hydrogens is 368 g/mol. The molecule has 4 aromatic rings. The van der Waals surface area contributed by atoms with Crippen LogP contribution in [-0.2, 0) is 6.54 Å². The summed E-state index contributed by atoms with van der Waals surface area (Å²) in [5, 5.41) is 3.50. The molecule has 0 fully saturated rings. The Labute approximate surface area is 168 Å². The molecule has 0 aliphatic heterocycles. The van der Waals surface area contributed by atoms with E-state index in [4.69, 9.17) is 19.2 Å². The lowest BCUT2D eigenvalue weighted by molar-refractivity contribution is 0.404. The van der Waals surface area contributed by atoms with Crippen molar-refractivity contribution in [3.8, 4) is 28.5 Å². The molecule has 0 spiro atoms. The van der Waals surface area contributed by atoms with Crippen LogP contribution in [0, 0.1) is 0 Å². The highest BCUT2D eigenvalue weighted by molar-refractivity contribution is 5.80. The van der Waals surface area contributed by atoms with Crippen LogP contribution in [0.3, 0.4) is 0 Å². The Morgan fingerprint density at radius 1 is 0.931 bits per heavy atom. The van der Waals surface area contributed by atoms with E-state index in [0.29, 0.717) is 18.1 Å². The molecule has 0 saturated carbocycles. The molecule has 29 heavy (non-hydrogen) atoms. The van der Waals surface area contributed by atoms with Gasteiger partial charge in [-0.15, -0.1) is 0 Å². The van der Waals surface area contributed by atoms with Crippen LogP contribution in [0.4, 0.5) is 5.82 Å². The Morgan fingerprint density at radius 3 is 2.55 bits per heavy atom. The molecule has 0 amide bonds. The van der Waals surface area contributed by atoms with Crippen molar-refractivity contribution in [2.75, 3.05) is 26.6 Å². The Kier molecular flexibility index (Phi) is 5.20. The van der Waals surface area contributed by atoms with Crippen LogP contribution >= 0.6 is 0 Å². The highest BCUT2D eigenvalue weighted by atomic mass is 16.5. The number of hydrogen-bond acceptors (Lipinski definition) is 6. The molecule has 7 nitrogen and oxygen atoms in total. The number of ether oxygens (including phenoxy) is 3. The summed E-state index contributed by atoms with van der Waals surface area (Å²) in [6.45, 7) is 0.561. The lowest BCUT2D eigenvalue weighted by Gasteiger charge is -2.13. The number of nitrogens with zero attached hydrogens (tertiary/aromatic N) is 3. The third-order valence-electron chi connectivity index (χ3n) is 4.70. The largest absolute Gasteiger partial charge is 0.497 e. The highest BCUT2D eigenvalue weighted by Gasteiger charge is 2.19. The van der Waals surface area contributed by atoms with Crippen molar-refractivity contribution < 1.29 is 14.2 Å². The average Bonchev–Trinajstić information content (AvgIpc) is 3.15. The van der Waals surface area contributed by atoms with Crippen molar-refractivity contribution in [1.82, 2.24) is 14.4 Å². The predicted molar refractivity (Wildman–Crippen MR) is 112 cm³/mol. The molecule has 2 aromatic carbocycles. The van der Waals surface area contributed by atoms with Gasteiger partial charge >= 0.3 is 0 Å². The molecule has 0 aliphatic carbocycles. The normalized spacial score (nSPS) is 10.7. The molecule has 4 rings (SSSR count). The Bertz CT molecular complexity index is 1140. The maximum Gasteiger partial charge on any atom is 0.235 e. The van der Waals surface area contributed by atoms with Gasteiger partial charge < -0.3 is 19.5 Å². The molecule has 0 unspecified atom stereocenters. The standard InChI is InChI=1S/C22H22N4O3/c1-27-16-9-10-19(29-3)17(13-16)20-21(26-12-6-11-23-22(26)25-20)24-14-15-7-4-5-8-18(15)28-2/h4-13,24H,14H2,1-3H3. The minimum atomic E-state index is 0.561. The second kappa shape index (κ2) is 8.10. The zero-order valence-corrected chi connectivity index (χ0v) is 16.5. The Balaban J connectivity index is 1.82. The van der Waals surface area contributed by atoms with Gasteiger partial charge in [0.15, 0.2) is 0 Å². The molecule has 2 heterocycles. The van der Waals surface area contributed by atoms with E-state index in [2.05, 4.69) is 10.3 Å². The second-order valence-corrected chi connectivity index (χ2v) is 6.33. The van der Waals surface area contributed by atoms with Gasteiger partial charge in [-0.05, 0) is 30.3 Å². The number of para-hydroxylation sites is 1. The van der Waals surface area contributed by atoms with Crippen LogP contribution in [0.25, 0.3) is 17.0 Å². The lowest BCUT2D eigenvalue weighted by atomic mass is 10.1. The summed E-state index contributed by atoms with van der Waals surface area (Å²) in [5.41, 5.74) is 2.59. The molecule has 0 bridgehead atoms. The summed E-state index contributed by atoms with van der Waals surface area (Å²) in [5.74, 6) is 3.66. The predicted octanol–water partition coefficient (Wildman–Crippen LogP) is 4.03. The van der Waals surface area contributed by atoms with Crippen LogP contribution in [0.5, 0.6) is 17.2 Å². The van der Waals surface area contributed by atoms with Gasteiger partial charge in [0.25, 0.3) is 0 Å². The summed E-state index contributed by atoms with van der Waals surface area (Å²) < 4.78 is 18.4. The molecule has 0 aliphatic rings. The van der Waals surface area contributed by atoms with E-state index < -0.39 is 0 Å². The monoisotopic (exact) mass is 390 g/mol. The van der Waals surface area contributed by atoms with Crippen molar-refractivity contribution in [1.29, 1.82) is 0 Å². The van der Waals surface area contributed by atoms with E-state index in [0.717, 1.165) is 34.1 Å². The smallest absolute Gasteiger partial charge is 0.235 e. The zero-order chi connectivity index (χ0) is 20.2. The highest BCUT2D eigenvalue weighted by Crippen LogP contribution is 2.37. The summed E-state index contributed by atoms with van der Waals surface area (Å²) in [6.07, 6.45) is 3.65. The first-order valence-electron chi connectivity index (χ1n) is 9.16. The number of imidazole rings is 1. The second-order valence-electron chi connectivity index (χ2n) is 6.33. The quantitative estimate of drug-likeness (QED) is 0.514. The average molecular weight is 390 g/mol. The minimum absolute atomic E-state index is 0.561. The van der Waals surface area contributed by atoms with Crippen LogP contribution in [0.2, 0.25) is 0 Å². The number of benzene rings is 2. The van der Waals surface area contributed by atoms with E-state index in [-0.39, 0.29) is 0 Å². The number of anilines is 1. The first-order valence-corrected chi connectivity index (χ1v) is 9.16. The van der Waals surface area contributed by atoms with Crippen LogP contribution < -0.4 is 19.5 Å². The summed E-state index contributed by atoms with van der Waals surface area (Å²) in [6, 6.07) is 15.4. The van der Waals surface area contributed by atoms with Gasteiger partial charge in [-0.3, -0.25) is 4.40 Å². The van der Waals surface area contributed by atoms with E-state index in [1.54, 1.807) is 27.5 Å². The summed E-state index contributed by atoms with van der Waals surface area (Å²) >= 11 is 0. The molecular formula is C22H22N4O3. The molecule has 0 saturated heterocycles. The number of methoxy groups -OCH3 is 3. The van der Waals surface area contributed by atoms with Gasteiger partial charge in [0.1, 0.15) is 28.8 Å². The Morgan fingerprint density at radius 2 is 1.76 bits per heavy atom. The number of hydrogen-bond donors (Lipinski definition) is 1. The first kappa shape index (κ1) is 18.6. The van der Waals surface area contributed by atoms with Crippen molar-refractivity contribution in [2.45, 2.75) is 6.54 Å². The molecule has 148 valence electrons. The van der Waals surface area contributed by atoms with E-state index >= 15 is 0 Å². The molecule has 0 atom stereocenters. The fourth-order valence-corrected chi connectivity index (χ4v) is 3.27. The van der Waals surface area contributed by atoms with Gasteiger partial charge in [0.05, 0.1) is 21.3 Å². The summed E-state index contributed by atoms with van der Waals surface area (Å²) in [4.78, 5) is 9.13.